The van der Waals surface area contributed by atoms with Crippen LogP contribution in [-0.2, 0) is 0 Å². The Labute approximate surface area is 77.6 Å². The van der Waals surface area contributed by atoms with E-state index in [1.807, 2.05) is 0 Å². The third-order valence-electron chi connectivity index (χ3n) is 0.878. The molecule has 0 saturated carbocycles. The summed E-state index contributed by atoms with van der Waals surface area (Å²) in [6.45, 7) is 1.02. The summed E-state index contributed by atoms with van der Waals surface area (Å²) in [6.07, 6.45) is 0. The van der Waals surface area contributed by atoms with E-state index < -0.39 is 14.7 Å². The Bertz CT molecular complexity index is 119. The van der Waals surface area contributed by atoms with Gasteiger partial charge in [-0.05, 0) is 22.9 Å². The smallest absolute Gasteiger partial charge is 0.198 e. The highest BCUT2D eigenvalue weighted by Crippen LogP contribution is 2.43. The summed E-state index contributed by atoms with van der Waals surface area (Å²) < 4.78 is 46.9. The maximum atomic E-state index is 12.2. The van der Waals surface area contributed by atoms with Crippen LogP contribution < -0.4 is 0 Å². The molecule has 0 nitrogen and oxygen atoms in total. The van der Waals surface area contributed by atoms with Gasteiger partial charge in [-0.1, -0.05) is 22.6 Å². The average molecular weight is 335 g/mol. The van der Waals surface area contributed by atoms with E-state index in [2.05, 4.69) is 0 Å². The van der Waals surface area contributed by atoms with Crippen LogP contribution in [0.3, 0.4) is 0 Å². The molecule has 1 unspecified atom stereocenters. The highest BCUT2D eigenvalue weighted by molar-refractivity contribution is 14.1. The van der Waals surface area contributed by atoms with Crippen molar-refractivity contribution in [2.75, 3.05) is 0 Å². The standard InChI is InChI=1S/C4H4BrF4I/c1-2(10)3(6,7)4(5,8)9/h2H,1H3. The molecule has 62 valence electrons. The Morgan fingerprint density at radius 1 is 1.30 bits per heavy atom. The first-order valence-corrected chi connectivity index (χ1v) is 4.32. The molecule has 6 heteroatoms. The summed E-state index contributed by atoms with van der Waals surface area (Å²) in [5, 5.41) is 0. The monoisotopic (exact) mass is 334 g/mol. The van der Waals surface area contributed by atoms with E-state index in [-0.39, 0.29) is 0 Å². The van der Waals surface area contributed by atoms with E-state index in [1.165, 1.54) is 22.6 Å². The Kier molecular flexibility index (Phi) is 3.41. The van der Waals surface area contributed by atoms with Gasteiger partial charge in [-0.15, -0.1) is 0 Å². The van der Waals surface area contributed by atoms with E-state index in [0.29, 0.717) is 0 Å². The molecule has 1 atom stereocenters. The van der Waals surface area contributed by atoms with Crippen LogP contribution in [0.4, 0.5) is 17.6 Å². The lowest BCUT2D eigenvalue weighted by Crippen LogP contribution is -2.41. The number of hydrogen-bond donors (Lipinski definition) is 0. The highest BCUT2D eigenvalue weighted by Gasteiger charge is 2.57. The molecule has 0 fully saturated rings. The summed E-state index contributed by atoms with van der Waals surface area (Å²) >= 11 is 2.86. The molecule has 0 amide bonds. The van der Waals surface area contributed by atoms with E-state index in [0.717, 1.165) is 6.92 Å². The van der Waals surface area contributed by atoms with Crippen molar-refractivity contribution in [3.63, 3.8) is 0 Å². The Morgan fingerprint density at radius 3 is 1.60 bits per heavy atom. The number of hydrogen-bond acceptors (Lipinski definition) is 0. The van der Waals surface area contributed by atoms with Gasteiger partial charge >= 0.3 is 10.8 Å². The molecule has 0 spiro atoms. The van der Waals surface area contributed by atoms with Gasteiger partial charge in [0.1, 0.15) is 0 Å². The van der Waals surface area contributed by atoms with Crippen molar-refractivity contribution < 1.29 is 17.6 Å². The fourth-order valence-corrected chi connectivity index (χ4v) is 1.39. The second-order valence-electron chi connectivity index (χ2n) is 1.74. The maximum absolute atomic E-state index is 12.2. The first kappa shape index (κ1) is 10.9. The number of rotatable bonds is 2. The number of alkyl halides is 6. The second kappa shape index (κ2) is 3.12. The Hall–Kier alpha value is 0.930. The van der Waals surface area contributed by atoms with Gasteiger partial charge in [0.25, 0.3) is 0 Å². The SMILES string of the molecule is CC(I)C(F)(F)C(F)(F)Br. The third-order valence-corrected chi connectivity index (χ3v) is 2.19. The van der Waals surface area contributed by atoms with Crippen LogP contribution >= 0.6 is 38.5 Å². The van der Waals surface area contributed by atoms with Gasteiger partial charge in [-0.2, -0.15) is 17.6 Å². The van der Waals surface area contributed by atoms with Crippen LogP contribution in [0.1, 0.15) is 6.92 Å². The topological polar surface area (TPSA) is 0 Å². The Morgan fingerprint density at radius 2 is 1.60 bits per heavy atom. The van der Waals surface area contributed by atoms with E-state index in [4.69, 9.17) is 0 Å². The zero-order chi connectivity index (χ0) is 8.58. The zero-order valence-corrected chi connectivity index (χ0v) is 8.59. The van der Waals surface area contributed by atoms with Gasteiger partial charge in [0.2, 0.25) is 0 Å². The molecule has 0 saturated heterocycles. The number of halogens is 6. The first-order valence-electron chi connectivity index (χ1n) is 2.28. The van der Waals surface area contributed by atoms with E-state index in [1.54, 1.807) is 15.9 Å². The normalized spacial score (nSPS) is 17.1. The molecule has 0 aromatic rings. The summed E-state index contributed by atoms with van der Waals surface area (Å²) in [7, 11) is 0. The minimum atomic E-state index is -4.11. The summed E-state index contributed by atoms with van der Waals surface area (Å²) in [5.74, 6) is -3.99. The first-order chi connectivity index (χ1) is 4.19. The second-order valence-corrected chi connectivity index (χ2v) is 4.60. The van der Waals surface area contributed by atoms with E-state index >= 15 is 0 Å². The molecule has 0 bridgehead atoms. The van der Waals surface area contributed by atoms with Gasteiger partial charge in [-0.25, -0.2) is 0 Å². The summed E-state index contributed by atoms with van der Waals surface area (Å²) in [5.41, 5.74) is 0. The molecule has 0 heterocycles. The lowest BCUT2D eigenvalue weighted by Gasteiger charge is -2.23. The molecular formula is C4H4BrF4I. The average Bonchev–Trinajstić information content (AvgIpc) is 1.62. The van der Waals surface area contributed by atoms with Crippen molar-refractivity contribution in [2.24, 2.45) is 0 Å². The van der Waals surface area contributed by atoms with Crippen LogP contribution in [0.5, 0.6) is 0 Å². The van der Waals surface area contributed by atoms with Crippen molar-refractivity contribution >= 4 is 38.5 Å². The predicted octanol–water partition coefficient (Wildman–Crippen LogP) is 3.43. The van der Waals surface area contributed by atoms with Crippen molar-refractivity contribution in [3.05, 3.63) is 0 Å². The summed E-state index contributed by atoms with van der Waals surface area (Å²) in [6, 6.07) is 0. The molecule has 0 aromatic carbocycles. The van der Waals surface area contributed by atoms with Gasteiger partial charge in [0.05, 0.1) is 3.92 Å². The van der Waals surface area contributed by atoms with Crippen molar-refractivity contribution in [2.45, 2.75) is 21.6 Å². The zero-order valence-electron chi connectivity index (χ0n) is 4.85. The highest BCUT2D eigenvalue weighted by atomic mass is 127. The minimum absolute atomic E-state index is 1.02. The quantitative estimate of drug-likeness (QED) is 0.412. The molecule has 0 aliphatic rings. The Balaban J connectivity index is 4.40. The fraction of sp³-hybridized carbons (Fsp3) is 1.00. The molecule has 10 heavy (non-hydrogen) atoms. The fourth-order valence-electron chi connectivity index (χ4n) is 0.226. The molecule has 0 aliphatic heterocycles. The minimum Gasteiger partial charge on any atom is -0.198 e. The van der Waals surface area contributed by atoms with Gasteiger partial charge < -0.3 is 0 Å². The molecule has 0 aliphatic carbocycles. The van der Waals surface area contributed by atoms with E-state index in [9.17, 15) is 17.6 Å². The molecular weight excluding hydrogens is 331 g/mol. The summed E-state index contributed by atoms with van der Waals surface area (Å²) in [4.78, 5) is -4.11. The van der Waals surface area contributed by atoms with Crippen molar-refractivity contribution in [1.82, 2.24) is 0 Å². The molecule has 0 radical (unpaired) electrons. The maximum Gasteiger partial charge on any atom is 0.364 e. The predicted molar refractivity (Wildman–Crippen MR) is 42.3 cm³/mol. The van der Waals surface area contributed by atoms with Crippen LogP contribution in [0.15, 0.2) is 0 Å². The van der Waals surface area contributed by atoms with Gasteiger partial charge in [0.15, 0.2) is 0 Å². The lowest BCUT2D eigenvalue weighted by atomic mass is 10.3. The van der Waals surface area contributed by atoms with Crippen molar-refractivity contribution in [1.29, 1.82) is 0 Å². The molecule has 0 N–H and O–H groups in total. The van der Waals surface area contributed by atoms with Gasteiger partial charge in [-0.3, -0.25) is 0 Å². The molecule has 0 aromatic heterocycles. The van der Waals surface area contributed by atoms with Crippen LogP contribution in [0, 0.1) is 0 Å². The molecule has 0 rings (SSSR count). The largest absolute Gasteiger partial charge is 0.364 e. The van der Waals surface area contributed by atoms with Crippen LogP contribution in [-0.4, -0.2) is 14.7 Å². The van der Waals surface area contributed by atoms with Crippen LogP contribution in [0.25, 0.3) is 0 Å². The van der Waals surface area contributed by atoms with Crippen molar-refractivity contribution in [3.8, 4) is 0 Å². The van der Waals surface area contributed by atoms with Crippen LogP contribution in [0.2, 0.25) is 0 Å². The lowest BCUT2D eigenvalue weighted by molar-refractivity contribution is -0.141. The van der Waals surface area contributed by atoms with Gasteiger partial charge in [0, 0.05) is 0 Å². The third kappa shape index (κ3) is 2.21.